The Morgan fingerprint density at radius 3 is 2.42 bits per heavy atom. The van der Waals surface area contributed by atoms with Crippen molar-refractivity contribution in [2.75, 3.05) is 6.54 Å². The second-order valence-electron chi connectivity index (χ2n) is 10.4. The van der Waals surface area contributed by atoms with E-state index in [2.05, 4.69) is 39.1 Å². The molecule has 0 spiro atoms. The van der Waals surface area contributed by atoms with Crippen molar-refractivity contribution in [3.63, 3.8) is 0 Å². The maximum Gasteiger partial charge on any atom is 0.224 e. The van der Waals surface area contributed by atoms with Gasteiger partial charge in [0.05, 0.1) is 6.42 Å². The number of unbranched alkanes of at least 4 members (excludes halogenated alkanes) is 1. The SMILES string of the molecule is CCCCNC(=O)Cc1ccccc1SSC(C)CCC(=O)C[C@@H](C)C(C)C(=O)c1ccc(C)c(CC)c1. The Kier molecular flexibility index (Phi) is 14.2. The van der Waals surface area contributed by atoms with Crippen molar-refractivity contribution in [1.82, 2.24) is 5.32 Å². The van der Waals surface area contributed by atoms with Gasteiger partial charge in [-0.2, -0.15) is 0 Å². The summed E-state index contributed by atoms with van der Waals surface area (Å²) in [5, 5.41) is 3.29. The van der Waals surface area contributed by atoms with Crippen LogP contribution in [0.4, 0.5) is 0 Å². The number of benzene rings is 2. The van der Waals surface area contributed by atoms with Gasteiger partial charge in [-0.15, -0.1) is 0 Å². The molecule has 0 heterocycles. The summed E-state index contributed by atoms with van der Waals surface area (Å²) in [5.74, 6) is 0.221. The largest absolute Gasteiger partial charge is 0.356 e. The molecule has 3 atom stereocenters. The highest BCUT2D eigenvalue weighted by Gasteiger charge is 2.24. The Morgan fingerprint density at radius 1 is 0.974 bits per heavy atom. The summed E-state index contributed by atoms with van der Waals surface area (Å²) >= 11 is 0. The minimum atomic E-state index is -0.190. The maximum absolute atomic E-state index is 13.1. The van der Waals surface area contributed by atoms with E-state index in [9.17, 15) is 14.4 Å². The molecule has 2 rings (SSSR count). The van der Waals surface area contributed by atoms with Crippen LogP contribution in [0.3, 0.4) is 0 Å². The number of Topliss-reactive ketones (excluding diaryl/α,β-unsaturated/α-hetero) is 2. The first kappa shape index (κ1) is 32.2. The first-order chi connectivity index (χ1) is 18.2. The first-order valence-electron chi connectivity index (χ1n) is 14.0. The normalized spacial score (nSPS) is 13.5. The van der Waals surface area contributed by atoms with Crippen molar-refractivity contribution in [2.45, 2.75) is 96.6 Å². The van der Waals surface area contributed by atoms with Crippen LogP contribution in [0.25, 0.3) is 0 Å². The molecule has 1 amide bonds. The quantitative estimate of drug-likeness (QED) is 0.122. The molecule has 0 saturated heterocycles. The predicted octanol–water partition coefficient (Wildman–Crippen LogP) is 8.04. The van der Waals surface area contributed by atoms with Crippen LogP contribution in [0.1, 0.15) is 93.8 Å². The maximum atomic E-state index is 13.1. The zero-order valence-electron chi connectivity index (χ0n) is 24.0. The van der Waals surface area contributed by atoms with Gasteiger partial charge in [-0.1, -0.05) is 93.0 Å². The minimum Gasteiger partial charge on any atom is -0.356 e. The summed E-state index contributed by atoms with van der Waals surface area (Å²) < 4.78 is 0. The zero-order valence-corrected chi connectivity index (χ0v) is 25.6. The Bertz CT molecular complexity index is 1070. The molecule has 38 heavy (non-hydrogen) atoms. The number of hydrogen-bond acceptors (Lipinski definition) is 5. The van der Waals surface area contributed by atoms with Gasteiger partial charge in [0, 0.05) is 41.0 Å². The van der Waals surface area contributed by atoms with E-state index in [-0.39, 0.29) is 29.3 Å². The lowest BCUT2D eigenvalue weighted by atomic mass is 9.84. The summed E-state index contributed by atoms with van der Waals surface area (Å²) in [7, 11) is 3.43. The smallest absolute Gasteiger partial charge is 0.224 e. The van der Waals surface area contributed by atoms with Crippen LogP contribution in [0.2, 0.25) is 0 Å². The van der Waals surface area contributed by atoms with Gasteiger partial charge < -0.3 is 5.32 Å². The van der Waals surface area contributed by atoms with E-state index in [0.29, 0.717) is 24.5 Å². The Morgan fingerprint density at radius 2 is 1.71 bits per heavy atom. The molecular weight excluding hydrogens is 510 g/mol. The molecule has 208 valence electrons. The lowest BCUT2D eigenvalue weighted by Crippen LogP contribution is -2.26. The highest BCUT2D eigenvalue weighted by atomic mass is 33.1. The lowest BCUT2D eigenvalue weighted by molar-refractivity contribution is -0.121. The van der Waals surface area contributed by atoms with Crippen molar-refractivity contribution in [2.24, 2.45) is 11.8 Å². The molecule has 2 aromatic carbocycles. The van der Waals surface area contributed by atoms with Crippen molar-refractivity contribution in [3.05, 3.63) is 64.7 Å². The van der Waals surface area contributed by atoms with E-state index in [1.54, 1.807) is 21.6 Å². The van der Waals surface area contributed by atoms with Crippen LogP contribution in [0, 0.1) is 18.8 Å². The average molecular weight is 556 g/mol. The number of carbonyl (C=O) groups is 3. The van der Waals surface area contributed by atoms with Gasteiger partial charge in [-0.05, 0) is 60.9 Å². The molecular formula is C32H45NO3S2. The van der Waals surface area contributed by atoms with Crippen LogP contribution in [-0.4, -0.2) is 29.3 Å². The van der Waals surface area contributed by atoms with E-state index < -0.39 is 0 Å². The van der Waals surface area contributed by atoms with Crippen LogP contribution < -0.4 is 5.32 Å². The van der Waals surface area contributed by atoms with Crippen molar-refractivity contribution >= 4 is 39.1 Å². The molecule has 2 unspecified atom stereocenters. The molecule has 0 radical (unpaired) electrons. The predicted molar refractivity (Wildman–Crippen MR) is 163 cm³/mol. The van der Waals surface area contributed by atoms with E-state index in [1.807, 2.05) is 50.2 Å². The third-order valence-corrected chi connectivity index (χ3v) is 10.2. The number of hydrogen-bond donors (Lipinski definition) is 1. The average Bonchev–Trinajstić information content (AvgIpc) is 2.91. The molecule has 6 heteroatoms. The standard InChI is InChI=1S/C32H45NO3S2/c1-7-9-18-33-31(35)21-27-12-10-11-13-30(27)38-37-24(5)15-17-29(34)19-23(4)25(6)32(36)28-16-14-22(3)26(8-2)20-28/h10-14,16,20,23-25H,7-9,15,17-19,21H2,1-6H3,(H,33,35)/t23-,24?,25?/m1/s1. The van der Waals surface area contributed by atoms with Crippen molar-refractivity contribution in [3.8, 4) is 0 Å². The van der Waals surface area contributed by atoms with Gasteiger partial charge in [0.25, 0.3) is 0 Å². The second-order valence-corrected chi connectivity index (χ2v) is 13.1. The van der Waals surface area contributed by atoms with Gasteiger partial charge in [0.15, 0.2) is 5.78 Å². The fraction of sp³-hybridized carbons (Fsp3) is 0.531. The van der Waals surface area contributed by atoms with E-state index >= 15 is 0 Å². The molecule has 0 aliphatic heterocycles. The molecule has 0 aliphatic rings. The fourth-order valence-corrected chi connectivity index (χ4v) is 6.73. The zero-order chi connectivity index (χ0) is 28.1. The van der Waals surface area contributed by atoms with Crippen molar-refractivity contribution < 1.29 is 14.4 Å². The molecule has 4 nitrogen and oxygen atoms in total. The minimum absolute atomic E-state index is 0.00839. The van der Waals surface area contributed by atoms with Crippen LogP contribution in [-0.2, 0) is 22.4 Å². The fourth-order valence-electron chi connectivity index (χ4n) is 4.28. The number of carbonyl (C=O) groups excluding carboxylic acids is 3. The van der Waals surface area contributed by atoms with E-state index in [0.717, 1.165) is 48.3 Å². The lowest BCUT2D eigenvalue weighted by Gasteiger charge is -2.19. The third kappa shape index (κ3) is 10.6. The Labute approximate surface area is 237 Å². The summed E-state index contributed by atoms with van der Waals surface area (Å²) in [4.78, 5) is 39.2. The molecule has 0 saturated carbocycles. The first-order valence-corrected chi connectivity index (χ1v) is 16.2. The highest BCUT2D eigenvalue weighted by molar-refractivity contribution is 8.77. The van der Waals surface area contributed by atoms with Gasteiger partial charge in [-0.3, -0.25) is 14.4 Å². The van der Waals surface area contributed by atoms with E-state index in [4.69, 9.17) is 0 Å². The van der Waals surface area contributed by atoms with Gasteiger partial charge in [0.2, 0.25) is 5.91 Å². The molecule has 2 aromatic rings. The number of aryl methyl sites for hydroxylation is 2. The summed E-state index contributed by atoms with van der Waals surface area (Å²) in [5.41, 5.74) is 4.20. The number of nitrogens with one attached hydrogen (secondary N) is 1. The number of ketones is 2. The van der Waals surface area contributed by atoms with Crippen molar-refractivity contribution in [1.29, 1.82) is 0 Å². The molecule has 0 aliphatic carbocycles. The summed E-state index contributed by atoms with van der Waals surface area (Å²) in [6, 6.07) is 14.0. The molecule has 0 fully saturated rings. The highest BCUT2D eigenvalue weighted by Crippen LogP contribution is 2.38. The third-order valence-electron chi connectivity index (χ3n) is 7.14. The summed E-state index contributed by atoms with van der Waals surface area (Å²) in [6.07, 6.45) is 5.10. The van der Waals surface area contributed by atoms with Crippen LogP contribution >= 0.6 is 21.6 Å². The van der Waals surface area contributed by atoms with Crippen LogP contribution in [0.15, 0.2) is 47.4 Å². The van der Waals surface area contributed by atoms with Crippen LogP contribution in [0.5, 0.6) is 0 Å². The molecule has 0 aromatic heterocycles. The number of rotatable bonds is 17. The second kappa shape index (κ2) is 16.8. The summed E-state index contributed by atoms with van der Waals surface area (Å²) in [6.45, 7) is 13.1. The van der Waals surface area contributed by atoms with Gasteiger partial charge in [-0.25, -0.2) is 0 Å². The molecule has 1 N–H and O–H groups in total. The van der Waals surface area contributed by atoms with Gasteiger partial charge in [0.1, 0.15) is 5.78 Å². The molecule has 0 bridgehead atoms. The topological polar surface area (TPSA) is 63.2 Å². The number of amides is 1. The Balaban J connectivity index is 1.80. The monoisotopic (exact) mass is 555 g/mol. The Hall–Kier alpha value is -2.05. The van der Waals surface area contributed by atoms with Gasteiger partial charge >= 0.3 is 0 Å². The van der Waals surface area contributed by atoms with E-state index in [1.165, 1.54) is 11.1 Å².